The highest BCUT2D eigenvalue weighted by Crippen LogP contribution is 2.29. The molecule has 2 heteroatoms. The van der Waals surface area contributed by atoms with Gasteiger partial charge >= 0.3 is 0 Å². The van der Waals surface area contributed by atoms with Gasteiger partial charge in [-0.15, -0.1) is 0 Å². The highest BCUT2D eigenvalue weighted by Gasteiger charge is 2.26. The molecule has 0 saturated heterocycles. The number of hydrogen-bond donors (Lipinski definition) is 2. The molecule has 0 unspecified atom stereocenters. The standard InChI is InChI=1S/C7H15NO/c1-5(9)7(8)6-3-2-4-6/h5-7,9H,2-4,8H2,1H3/t5-,7+/m1/s1. The van der Waals surface area contributed by atoms with Crippen LogP contribution in [0.25, 0.3) is 0 Å². The van der Waals surface area contributed by atoms with Crippen molar-refractivity contribution < 1.29 is 5.11 Å². The summed E-state index contributed by atoms with van der Waals surface area (Å²) in [5, 5.41) is 9.03. The van der Waals surface area contributed by atoms with E-state index in [2.05, 4.69) is 0 Å². The second-order valence-corrected chi connectivity index (χ2v) is 3.01. The summed E-state index contributed by atoms with van der Waals surface area (Å²) in [5.74, 6) is 0.602. The zero-order chi connectivity index (χ0) is 6.85. The second-order valence-electron chi connectivity index (χ2n) is 3.01. The van der Waals surface area contributed by atoms with Gasteiger partial charge in [-0.25, -0.2) is 0 Å². The van der Waals surface area contributed by atoms with Gasteiger partial charge in [0.05, 0.1) is 6.10 Å². The summed E-state index contributed by atoms with van der Waals surface area (Å²) in [5.41, 5.74) is 5.67. The van der Waals surface area contributed by atoms with Crippen LogP contribution in [0, 0.1) is 5.92 Å². The lowest BCUT2D eigenvalue weighted by Gasteiger charge is -2.32. The first kappa shape index (κ1) is 7.03. The van der Waals surface area contributed by atoms with Crippen molar-refractivity contribution >= 4 is 0 Å². The van der Waals surface area contributed by atoms with Gasteiger partial charge in [-0.2, -0.15) is 0 Å². The molecule has 0 aromatic carbocycles. The number of aliphatic hydroxyl groups is 1. The lowest BCUT2D eigenvalue weighted by Crippen LogP contribution is -2.42. The molecule has 0 spiro atoms. The monoisotopic (exact) mass is 129 g/mol. The molecule has 2 atom stereocenters. The number of nitrogens with two attached hydrogens (primary N) is 1. The zero-order valence-corrected chi connectivity index (χ0v) is 5.88. The van der Waals surface area contributed by atoms with E-state index in [1.54, 1.807) is 6.92 Å². The molecule has 0 aromatic heterocycles. The molecule has 9 heavy (non-hydrogen) atoms. The van der Waals surface area contributed by atoms with Gasteiger partial charge in [0, 0.05) is 6.04 Å². The van der Waals surface area contributed by atoms with Crippen molar-refractivity contribution in [1.29, 1.82) is 0 Å². The van der Waals surface area contributed by atoms with Crippen LogP contribution in [0.4, 0.5) is 0 Å². The SMILES string of the molecule is C[C@@H](O)[C@H](N)C1CCC1. The molecule has 0 amide bonds. The maximum absolute atomic E-state index is 9.03. The minimum Gasteiger partial charge on any atom is -0.392 e. The Hall–Kier alpha value is -0.0800. The van der Waals surface area contributed by atoms with E-state index in [4.69, 9.17) is 10.8 Å². The Labute approximate surface area is 56.1 Å². The zero-order valence-electron chi connectivity index (χ0n) is 5.88. The Balaban J connectivity index is 2.23. The van der Waals surface area contributed by atoms with Crippen LogP contribution >= 0.6 is 0 Å². The Morgan fingerprint density at radius 3 is 2.22 bits per heavy atom. The molecule has 1 saturated carbocycles. The van der Waals surface area contributed by atoms with Crippen LogP contribution < -0.4 is 5.73 Å². The van der Waals surface area contributed by atoms with Gasteiger partial charge in [0.2, 0.25) is 0 Å². The lowest BCUT2D eigenvalue weighted by molar-refractivity contribution is 0.104. The molecule has 54 valence electrons. The maximum atomic E-state index is 9.03. The molecule has 1 rings (SSSR count). The molecular weight excluding hydrogens is 114 g/mol. The van der Waals surface area contributed by atoms with E-state index in [0.717, 1.165) is 0 Å². The Kier molecular flexibility index (Phi) is 2.09. The molecule has 0 aliphatic heterocycles. The molecule has 0 aromatic rings. The van der Waals surface area contributed by atoms with E-state index in [9.17, 15) is 0 Å². The molecule has 0 heterocycles. The Morgan fingerprint density at radius 2 is 2.11 bits per heavy atom. The topological polar surface area (TPSA) is 46.2 Å². The molecule has 3 N–H and O–H groups in total. The van der Waals surface area contributed by atoms with Gasteiger partial charge in [0.25, 0.3) is 0 Å². The molecule has 2 nitrogen and oxygen atoms in total. The van der Waals surface area contributed by atoms with Crippen LogP contribution in [-0.2, 0) is 0 Å². The smallest absolute Gasteiger partial charge is 0.0665 e. The minimum atomic E-state index is -0.324. The molecule has 1 fully saturated rings. The van der Waals surface area contributed by atoms with E-state index in [0.29, 0.717) is 5.92 Å². The fourth-order valence-electron chi connectivity index (χ4n) is 1.22. The van der Waals surface area contributed by atoms with Gasteiger partial charge in [0.15, 0.2) is 0 Å². The van der Waals surface area contributed by atoms with Crippen LogP contribution in [0.5, 0.6) is 0 Å². The number of rotatable bonds is 2. The van der Waals surface area contributed by atoms with E-state index < -0.39 is 0 Å². The second kappa shape index (κ2) is 2.67. The highest BCUT2D eigenvalue weighted by molar-refractivity contribution is 4.82. The predicted octanol–water partition coefficient (Wildman–Crippen LogP) is 0.495. The van der Waals surface area contributed by atoms with E-state index in [1.807, 2.05) is 0 Å². The maximum Gasteiger partial charge on any atom is 0.0665 e. The van der Waals surface area contributed by atoms with Gasteiger partial charge in [-0.3, -0.25) is 0 Å². The predicted molar refractivity (Wildman–Crippen MR) is 37.0 cm³/mol. The largest absolute Gasteiger partial charge is 0.392 e. The van der Waals surface area contributed by atoms with Crippen molar-refractivity contribution in [3.63, 3.8) is 0 Å². The minimum absolute atomic E-state index is 0.0266. The fraction of sp³-hybridized carbons (Fsp3) is 1.00. The summed E-state index contributed by atoms with van der Waals surface area (Å²) < 4.78 is 0. The molecule has 0 bridgehead atoms. The third-order valence-electron chi connectivity index (χ3n) is 2.25. The van der Waals surface area contributed by atoms with Crippen molar-refractivity contribution in [2.24, 2.45) is 11.7 Å². The molecule has 0 radical (unpaired) electrons. The first-order valence-corrected chi connectivity index (χ1v) is 3.65. The van der Waals surface area contributed by atoms with Gasteiger partial charge in [-0.1, -0.05) is 6.42 Å². The van der Waals surface area contributed by atoms with Crippen LogP contribution in [0.1, 0.15) is 26.2 Å². The quantitative estimate of drug-likeness (QED) is 0.570. The van der Waals surface area contributed by atoms with E-state index in [1.165, 1.54) is 19.3 Å². The van der Waals surface area contributed by atoms with Crippen molar-refractivity contribution in [1.82, 2.24) is 0 Å². The summed E-state index contributed by atoms with van der Waals surface area (Å²) in [7, 11) is 0. The number of aliphatic hydroxyl groups excluding tert-OH is 1. The Bertz CT molecular complexity index is 88.9. The van der Waals surface area contributed by atoms with Crippen LogP contribution in [-0.4, -0.2) is 17.3 Å². The van der Waals surface area contributed by atoms with Crippen molar-refractivity contribution in [3.8, 4) is 0 Å². The first-order valence-electron chi connectivity index (χ1n) is 3.65. The summed E-state index contributed by atoms with van der Waals surface area (Å²) >= 11 is 0. The summed E-state index contributed by atoms with van der Waals surface area (Å²) in [4.78, 5) is 0. The van der Waals surface area contributed by atoms with Crippen molar-refractivity contribution in [2.75, 3.05) is 0 Å². The summed E-state index contributed by atoms with van der Waals surface area (Å²) in [6.45, 7) is 1.77. The third kappa shape index (κ3) is 1.43. The van der Waals surface area contributed by atoms with Crippen LogP contribution in [0.2, 0.25) is 0 Å². The molecular formula is C7H15NO. The Morgan fingerprint density at radius 1 is 1.56 bits per heavy atom. The third-order valence-corrected chi connectivity index (χ3v) is 2.25. The van der Waals surface area contributed by atoms with Crippen molar-refractivity contribution in [2.45, 2.75) is 38.3 Å². The van der Waals surface area contributed by atoms with Gasteiger partial charge in [0.1, 0.15) is 0 Å². The average molecular weight is 129 g/mol. The van der Waals surface area contributed by atoms with Crippen molar-refractivity contribution in [3.05, 3.63) is 0 Å². The fourth-order valence-corrected chi connectivity index (χ4v) is 1.22. The van der Waals surface area contributed by atoms with Crippen LogP contribution in [0.3, 0.4) is 0 Å². The van der Waals surface area contributed by atoms with Gasteiger partial charge < -0.3 is 10.8 Å². The molecule has 1 aliphatic carbocycles. The first-order chi connectivity index (χ1) is 4.22. The summed E-state index contributed by atoms with van der Waals surface area (Å²) in [6, 6.07) is 0.0266. The lowest BCUT2D eigenvalue weighted by atomic mass is 9.78. The van der Waals surface area contributed by atoms with E-state index in [-0.39, 0.29) is 12.1 Å². The van der Waals surface area contributed by atoms with Crippen LogP contribution in [0.15, 0.2) is 0 Å². The van der Waals surface area contributed by atoms with Gasteiger partial charge in [-0.05, 0) is 25.7 Å². The summed E-state index contributed by atoms with van der Waals surface area (Å²) in [6.07, 6.45) is 3.40. The highest BCUT2D eigenvalue weighted by atomic mass is 16.3. The molecule has 1 aliphatic rings. The average Bonchev–Trinajstić information content (AvgIpc) is 1.60. The number of hydrogen-bond acceptors (Lipinski definition) is 2. The van der Waals surface area contributed by atoms with E-state index >= 15 is 0 Å². The normalized spacial score (nSPS) is 27.0.